The number of benzene rings is 3. The molecule has 8 heteroatoms. The molecular formula is C30H26Cl3N3O2. The maximum absolute atomic E-state index is 13.0. The number of halogens is 3. The van der Waals surface area contributed by atoms with Crippen LogP contribution in [0.25, 0.3) is 17.3 Å². The van der Waals surface area contributed by atoms with Crippen LogP contribution in [-0.4, -0.2) is 15.9 Å². The highest BCUT2D eigenvalue weighted by atomic mass is 35.5. The molecule has 194 valence electrons. The molecule has 5 nitrogen and oxygen atoms in total. The highest BCUT2D eigenvalue weighted by Gasteiger charge is 2.27. The molecule has 0 spiro atoms. The van der Waals surface area contributed by atoms with Crippen molar-refractivity contribution in [1.82, 2.24) is 15.1 Å². The first-order chi connectivity index (χ1) is 18.4. The Balaban J connectivity index is 1.56. The first-order valence-electron chi connectivity index (χ1n) is 12.5. The van der Waals surface area contributed by atoms with Crippen LogP contribution >= 0.6 is 34.8 Å². The second kappa shape index (κ2) is 11.6. The third kappa shape index (κ3) is 5.91. The summed E-state index contributed by atoms with van der Waals surface area (Å²) in [6.07, 6.45) is 5.04. The average Bonchev–Trinajstić information content (AvgIpc) is 3.10. The summed E-state index contributed by atoms with van der Waals surface area (Å²) in [6, 6.07) is 22.5. The number of fused-ring (bicyclic) bond motifs is 1. The average molecular weight is 567 g/mol. The number of amides is 1. The molecule has 0 unspecified atom stereocenters. The number of nitrogens with zero attached hydrogens (tertiary/aromatic N) is 2. The van der Waals surface area contributed by atoms with Crippen molar-refractivity contribution in [1.29, 1.82) is 0 Å². The molecular weight excluding hydrogens is 541 g/mol. The molecule has 5 rings (SSSR count). The van der Waals surface area contributed by atoms with Crippen molar-refractivity contribution in [3.05, 3.63) is 110 Å². The molecule has 0 saturated carbocycles. The Morgan fingerprint density at radius 1 is 0.974 bits per heavy atom. The number of allylic oxidation sites excluding steroid dienone is 1. The van der Waals surface area contributed by atoms with Crippen LogP contribution in [0.15, 0.2) is 72.8 Å². The largest absolute Gasteiger partial charge is 0.414 e. The summed E-state index contributed by atoms with van der Waals surface area (Å²) in [6.45, 7) is 1.91. The van der Waals surface area contributed by atoms with Gasteiger partial charge in [0.25, 0.3) is 0 Å². The van der Waals surface area contributed by atoms with Gasteiger partial charge in [0.1, 0.15) is 0 Å². The van der Waals surface area contributed by atoms with Crippen LogP contribution in [0.1, 0.15) is 54.6 Å². The van der Waals surface area contributed by atoms with Crippen LogP contribution in [0, 0.1) is 0 Å². The molecule has 1 amide bonds. The lowest BCUT2D eigenvalue weighted by atomic mass is 10.0. The van der Waals surface area contributed by atoms with Gasteiger partial charge in [-0.05, 0) is 85.7 Å². The van der Waals surface area contributed by atoms with Crippen molar-refractivity contribution in [2.45, 2.75) is 38.6 Å². The predicted molar refractivity (Wildman–Crippen MR) is 154 cm³/mol. The number of aromatic nitrogens is 2. The smallest absolute Gasteiger partial charge is 0.389 e. The molecule has 4 aromatic rings. The van der Waals surface area contributed by atoms with Gasteiger partial charge in [-0.1, -0.05) is 77.3 Å². The minimum absolute atomic E-state index is 0.226. The van der Waals surface area contributed by atoms with Gasteiger partial charge < -0.3 is 10.1 Å². The van der Waals surface area contributed by atoms with Crippen molar-refractivity contribution in [2.75, 3.05) is 0 Å². The molecule has 1 aliphatic rings. The second-order valence-electron chi connectivity index (χ2n) is 9.23. The Bertz CT molecular complexity index is 1480. The molecule has 1 N–H and O–H groups in total. The molecule has 1 atom stereocenters. The van der Waals surface area contributed by atoms with E-state index in [2.05, 4.69) is 11.4 Å². The highest BCUT2D eigenvalue weighted by molar-refractivity contribution is 6.35. The van der Waals surface area contributed by atoms with Crippen molar-refractivity contribution in [3.63, 3.8) is 0 Å². The molecule has 38 heavy (non-hydrogen) atoms. The van der Waals surface area contributed by atoms with E-state index in [9.17, 15) is 4.79 Å². The molecule has 1 aromatic heterocycles. The Labute approximate surface area is 237 Å². The van der Waals surface area contributed by atoms with Crippen molar-refractivity contribution in [2.24, 2.45) is 0 Å². The number of hydrogen-bond acceptors (Lipinski definition) is 3. The number of rotatable bonds is 5. The number of carbonyl (C=O) groups is 1. The van der Waals surface area contributed by atoms with E-state index in [1.807, 2.05) is 67.6 Å². The minimum Gasteiger partial charge on any atom is -0.389 e. The van der Waals surface area contributed by atoms with Gasteiger partial charge in [0.15, 0.2) is 0 Å². The third-order valence-corrected chi connectivity index (χ3v) is 7.34. The van der Waals surface area contributed by atoms with E-state index in [1.54, 1.807) is 16.8 Å². The van der Waals surface area contributed by atoms with E-state index < -0.39 is 6.09 Å². The lowest BCUT2D eigenvalue weighted by molar-refractivity contribution is 0.194. The summed E-state index contributed by atoms with van der Waals surface area (Å²) in [4.78, 5) is 13.0. The molecule has 0 saturated heterocycles. The fraction of sp³-hybridized carbons (Fsp3) is 0.200. The Kier molecular flexibility index (Phi) is 8.08. The van der Waals surface area contributed by atoms with E-state index >= 15 is 0 Å². The van der Waals surface area contributed by atoms with Gasteiger partial charge in [0.05, 0.1) is 22.4 Å². The number of carbonyl (C=O) groups excluding carboxylic acids is 1. The fourth-order valence-corrected chi connectivity index (χ4v) is 5.26. The number of ether oxygens (including phenoxy) is 1. The van der Waals surface area contributed by atoms with Crippen LogP contribution < -0.4 is 10.1 Å². The van der Waals surface area contributed by atoms with Crippen LogP contribution in [-0.2, 0) is 6.42 Å². The molecule has 1 aliphatic carbocycles. The SMILES string of the molecule is C[C@H](NC(=O)Oc1nn(-c2ccc(Cl)cc2Cl)c2c1CCCC/C2=C\c1ccc(Cl)cc1)c1ccccc1. The maximum Gasteiger partial charge on any atom is 0.414 e. The molecule has 0 aliphatic heterocycles. The van der Waals surface area contributed by atoms with Gasteiger partial charge in [0, 0.05) is 15.6 Å². The van der Waals surface area contributed by atoms with Crippen LogP contribution in [0.2, 0.25) is 15.1 Å². The monoisotopic (exact) mass is 565 g/mol. The van der Waals surface area contributed by atoms with E-state index in [0.29, 0.717) is 20.8 Å². The van der Waals surface area contributed by atoms with E-state index in [-0.39, 0.29) is 11.9 Å². The molecule has 0 fully saturated rings. The van der Waals surface area contributed by atoms with Crippen molar-refractivity contribution >= 4 is 52.5 Å². The summed E-state index contributed by atoms with van der Waals surface area (Å²) in [5.74, 6) is 0.271. The first kappa shape index (κ1) is 26.4. The van der Waals surface area contributed by atoms with Gasteiger partial charge in [-0.3, -0.25) is 0 Å². The zero-order valence-electron chi connectivity index (χ0n) is 20.8. The summed E-state index contributed by atoms with van der Waals surface area (Å²) in [5.41, 5.74) is 5.48. The molecule has 0 bridgehead atoms. The summed E-state index contributed by atoms with van der Waals surface area (Å²) < 4.78 is 7.61. The summed E-state index contributed by atoms with van der Waals surface area (Å²) in [5, 5.41) is 9.33. The van der Waals surface area contributed by atoms with Gasteiger partial charge >= 0.3 is 6.09 Å². The van der Waals surface area contributed by atoms with Crippen LogP contribution in [0.3, 0.4) is 0 Å². The van der Waals surface area contributed by atoms with E-state index in [0.717, 1.165) is 53.6 Å². The lowest BCUT2D eigenvalue weighted by Crippen LogP contribution is -2.29. The zero-order valence-corrected chi connectivity index (χ0v) is 23.0. The van der Waals surface area contributed by atoms with Gasteiger partial charge in [-0.15, -0.1) is 5.10 Å². The van der Waals surface area contributed by atoms with E-state index in [1.165, 1.54) is 0 Å². The Morgan fingerprint density at radius 2 is 1.68 bits per heavy atom. The van der Waals surface area contributed by atoms with Crippen molar-refractivity contribution in [3.8, 4) is 11.6 Å². The van der Waals surface area contributed by atoms with Crippen LogP contribution in [0.4, 0.5) is 4.79 Å². The molecule has 3 aromatic carbocycles. The summed E-state index contributed by atoms with van der Waals surface area (Å²) >= 11 is 18.9. The maximum atomic E-state index is 13.0. The topological polar surface area (TPSA) is 56.1 Å². The van der Waals surface area contributed by atoms with E-state index in [4.69, 9.17) is 44.6 Å². The molecule has 1 heterocycles. The predicted octanol–water partition coefficient (Wildman–Crippen LogP) is 8.95. The number of nitrogens with one attached hydrogen (secondary N) is 1. The normalized spacial score (nSPS) is 15.0. The summed E-state index contributed by atoms with van der Waals surface area (Å²) in [7, 11) is 0. The van der Waals surface area contributed by atoms with Crippen molar-refractivity contribution < 1.29 is 9.53 Å². The Morgan fingerprint density at radius 3 is 2.42 bits per heavy atom. The fourth-order valence-electron chi connectivity index (χ4n) is 4.65. The standard InChI is InChI=1S/C30H26Cl3N3O2/c1-19(21-7-3-2-4-8-21)34-30(37)38-29-25-10-6-5-9-22(17-20-11-13-23(31)14-12-20)28(25)36(35-29)27-16-15-24(32)18-26(27)33/h2-4,7-8,11-19H,5-6,9-10H2,1H3,(H,34,37)/b22-17+/t19-/m0/s1. The quantitative estimate of drug-likeness (QED) is 0.245. The third-order valence-electron chi connectivity index (χ3n) is 6.55. The highest BCUT2D eigenvalue weighted by Crippen LogP contribution is 2.39. The first-order valence-corrected chi connectivity index (χ1v) is 13.6. The number of hydrogen-bond donors (Lipinski definition) is 1. The van der Waals surface area contributed by atoms with Crippen LogP contribution in [0.5, 0.6) is 5.88 Å². The Hall–Kier alpha value is -3.25. The van der Waals surface area contributed by atoms with Gasteiger partial charge in [-0.25, -0.2) is 9.48 Å². The zero-order chi connectivity index (χ0) is 26.6. The van der Waals surface area contributed by atoms with Gasteiger partial charge in [-0.2, -0.15) is 0 Å². The molecule has 0 radical (unpaired) electrons. The minimum atomic E-state index is -0.566. The lowest BCUT2D eigenvalue weighted by Gasteiger charge is -2.13. The van der Waals surface area contributed by atoms with Gasteiger partial charge in [0.2, 0.25) is 5.88 Å². The second-order valence-corrected chi connectivity index (χ2v) is 10.5.